The molecule has 0 amide bonds. The van der Waals surface area contributed by atoms with E-state index in [1.54, 1.807) is 18.2 Å². The Morgan fingerprint density at radius 3 is 2.71 bits per heavy atom. The maximum absolute atomic E-state index is 12.7. The van der Waals surface area contributed by atoms with Crippen molar-refractivity contribution in [1.29, 1.82) is 0 Å². The van der Waals surface area contributed by atoms with Gasteiger partial charge in [0, 0.05) is 46.6 Å². The van der Waals surface area contributed by atoms with E-state index in [4.69, 9.17) is 4.74 Å². The van der Waals surface area contributed by atoms with Crippen LogP contribution in [0.4, 0.5) is 13.2 Å². The molecule has 1 aromatic heterocycles. The molecule has 0 saturated heterocycles. The van der Waals surface area contributed by atoms with Crippen molar-refractivity contribution in [2.24, 2.45) is 0 Å². The Bertz CT molecular complexity index is 715. The lowest BCUT2D eigenvalue weighted by molar-refractivity contribution is -0.0328. The van der Waals surface area contributed by atoms with Gasteiger partial charge in [-0.3, -0.25) is 0 Å². The third kappa shape index (κ3) is 4.20. The van der Waals surface area contributed by atoms with Gasteiger partial charge in [-0.2, -0.15) is 13.2 Å². The molecule has 2 heterocycles. The van der Waals surface area contributed by atoms with Crippen LogP contribution in [0.3, 0.4) is 0 Å². The van der Waals surface area contributed by atoms with Gasteiger partial charge in [-0.25, -0.2) is 0 Å². The quantitative estimate of drug-likeness (QED) is 0.736. The monoisotopic (exact) mass is 380 g/mol. The molecule has 0 atom stereocenters. The van der Waals surface area contributed by atoms with Crippen molar-refractivity contribution in [2.75, 3.05) is 27.2 Å². The Hall–Kier alpha value is -0.890. The predicted octanol–water partition coefficient (Wildman–Crippen LogP) is 4.31. The lowest BCUT2D eigenvalue weighted by Gasteiger charge is -2.18. The van der Waals surface area contributed by atoms with Gasteiger partial charge in [-0.05, 0) is 38.0 Å². The second-order valence-electron chi connectivity index (χ2n) is 5.91. The number of benzene rings is 1. The zero-order valence-electron chi connectivity index (χ0n) is 13.5. The Morgan fingerprint density at radius 2 is 2.04 bits per heavy atom. The van der Waals surface area contributed by atoms with Crippen molar-refractivity contribution < 1.29 is 17.9 Å². The minimum Gasteiger partial charge on any atom is -0.376 e. The fraction of sp³-hybridized carbons (Fsp3) is 0.500. The van der Waals surface area contributed by atoms with Crippen molar-refractivity contribution in [2.45, 2.75) is 30.0 Å². The molecule has 0 saturated carbocycles. The number of thioether (sulfide) groups is 1. The Balaban J connectivity index is 0.00000208. The summed E-state index contributed by atoms with van der Waals surface area (Å²) in [6.45, 7) is 2.80. The average molecular weight is 381 g/mol. The first kappa shape index (κ1) is 19.4. The maximum atomic E-state index is 12.7. The number of halogens is 4. The van der Waals surface area contributed by atoms with Gasteiger partial charge in [0.05, 0.1) is 13.2 Å². The second-order valence-corrected chi connectivity index (χ2v) is 7.05. The highest BCUT2D eigenvalue weighted by Gasteiger charge is 2.30. The Kier molecular flexibility index (Phi) is 6.12. The van der Waals surface area contributed by atoms with E-state index in [9.17, 15) is 13.2 Å². The average Bonchev–Trinajstić information content (AvgIpc) is 2.76. The molecule has 0 N–H and O–H groups in total. The van der Waals surface area contributed by atoms with Gasteiger partial charge in [0.25, 0.3) is 0 Å². The number of nitrogens with zero attached hydrogens (tertiary/aromatic N) is 2. The van der Waals surface area contributed by atoms with Gasteiger partial charge in [0.15, 0.2) is 0 Å². The SMILES string of the molecule is CN(C)CCn1c2c(c3ccc(SC(F)(F)F)cc31)COCC2.Cl. The summed E-state index contributed by atoms with van der Waals surface area (Å²) in [6, 6.07) is 5.00. The molecule has 0 spiro atoms. The minimum absolute atomic E-state index is 0. The molecular weight excluding hydrogens is 361 g/mol. The molecule has 134 valence electrons. The van der Waals surface area contributed by atoms with Crippen LogP contribution in [0.1, 0.15) is 11.3 Å². The summed E-state index contributed by atoms with van der Waals surface area (Å²) in [5.74, 6) is 0. The van der Waals surface area contributed by atoms with E-state index in [1.165, 1.54) is 5.69 Å². The third-order valence-corrected chi connectivity index (χ3v) is 4.71. The minimum atomic E-state index is -4.27. The molecule has 0 unspecified atom stereocenters. The Labute approximate surface area is 149 Å². The van der Waals surface area contributed by atoms with E-state index in [2.05, 4.69) is 9.47 Å². The van der Waals surface area contributed by atoms with Crippen LogP contribution in [0.5, 0.6) is 0 Å². The molecule has 1 aliphatic heterocycles. The van der Waals surface area contributed by atoms with Crippen LogP contribution in [-0.2, 0) is 24.3 Å². The highest BCUT2D eigenvalue weighted by atomic mass is 35.5. The molecule has 0 aliphatic carbocycles. The number of alkyl halides is 3. The van der Waals surface area contributed by atoms with E-state index in [-0.39, 0.29) is 29.1 Å². The van der Waals surface area contributed by atoms with Gasteiger partial charge in [-0.15, -0.1) is 12.4 Å². The number of hydrogen-bond donors (Lipinski definition) is 0. The van der Waals surface area contributed by atoms with Crippen molar-refractivity contribution >= 4 is 35.1 Å². The second kappa shape index (κ2) is 7.56. The molecule has 2 aromatic rings. The lowest BCUT2D eigenvalue weighted by atomic mass is 10.1. The van der Waals surface area contributed by atoms with E-state index < -0.39 is 5.51 Å². The predicted molar refractivity (Wildman–Crippen MR) is 93.0 cm³/mol. The van der Waals surface area contributed by atoms with E-state index >= 15 is 0 Å². The lowest BCUT2D eigenvalue weighted by Crippen LogP contribution is -2.21. The van der Waals surface area contributed by atoms with Gasteiger partial charge < -0.3 is 14.2 Å². The summed E-state index contributed by atoms with van der Waals surface area (Å²) in [5, 5.41) is 1.00. The summed E-state index contributed by atoms with van der Waals surface area (Å²) in [4.78, 5) is 2.30. The highest BCUT2D eigenvalue weighted by molar-refractivity contribution is 8.00. The smallest absolute Gasteiger partial charge is 0.376 e. The van der Waals surface area contributed by atoms with Crippen LogP contribution in [0.25, 0.3) is 10.9 Å². The van der Waals surface area contributed by atoms with Gasteiger partial charge in [0.1, 0.15) is 0 Å². The van der Waals surface area contributed by atoms with Crippen molar-refractivity contribution in [1.82, 2.24) is 9.47 Å². The van der Waals surface area contributed by atoms with Crippen molar-refractivity contribution in [3.8, 4) is 0 Å². The van der Waals surface area contributed by atoms with Gasteiger partial charge in [0.2, 0.25) is 0 Å². The molecule has 1 aliphatic rings. The van der Waals surface area contributed by atoms with Crippen LogP contribution >= 0.6 is 24.2 Å². The summed E-state index contributed by atoms with van der Waals surface area (Å²) in [7, 11) is 3.98. The molecule has 1 aromatic carbocycles. The summed E-state index contributed by atoms with van der Waals surface area (Å²) < 4.78 is 45.7. The third-order valence-electron chi connectivity index (χ3n) is 3.99. The highest BCUT2D eigenvalue weighted by Crippen LogP contribution is 2.39. The van der Waals surface area contributed by atoms with Gasteiger partial charge >= 0.3 is 5.51 Å². The van der Waals surface area contributed by atoms with Crippen molar-refractivity contribution in [3.05, 3.63) is 29.5 Å². The molecule has 3 rings (SSSR count). The first-order chi connectivity index (χ1) is 10.8. The molecule has 0 fully saturated rings. The summed E-state index contributed by atoms with van der Waals surface area (Å²) >= 11 is -0.0604. The number of rotatable bonds is 4. The van der Waals surface area contributed by atoms with Crippen LogP contribution in [0.2, 0.25) is 0 Å². The standard InChI is InChI=1S/C16H19F3N2OS.ClH/c1-20(2)6-7-21-14-5-8-22-10-13(14)12-4-3-11(9-15(12)21)23-16(17,18)19;/h3-4,9H,5-8,10H2,1-2H3;1H. The van der Waals surface area contributed by atoms with Crippen LogP contribution in [-0.4, -0.2) is 42.2 Å². The molecule has 0 bridgehead atoms. The summed E-state index contributed by atoms with van der Waals surface area (Å²) in [6.07, 6.45) is 0.805. The van der Waals surface area contributed by atoms with Crippen LogP contribution in [0.15, 0.2) is 23.1 Å². The molecule has 3 nitrogen and oxygen atoms in total. The largest absolute Gasteiger partial charge is 0.446 e. The number of fused-ring (bicyclic) bond motifs is 3. The number of likely N-dealkylation sites (N-methyl/N-ethyl adjacent to an activating group) is 1. The number of ether oxygens (including phenoxy) is 1. The van der Waals surface area contributed by atoms with Crippen LogP contribution in [0, 0.1) is 0 Å². The zero-order valence-corrected chi connectivity index (χ0v) is 15.2. The molecule has 0 radical (unpaired) electrons. The topological polar surface area (TPSA) is 17.4 Å². The van der Waals surface area contributed by atoms with E-state index in [0.717, 1.165) is 36.0 Å². The fourth-order valence-electron chi connectivity index (χ4n) is 3.00. The number of hydrogen-bond acceptors (Lipinski definition) is 3. The van der Waals surface area contributed by atoms with Gasteiger partial charge in [-0.1, -0.05) is 6.07 Å². The zero-order chi connectivity index (χ0) is 16.6. The number of aromatic nitrogens is 1. The first-order valence-corrected chi connectivity index (χ1v) is 8.29. The first-order valence-electron chi connectivity index (χ1n) is 7.47. The normalized spacial score (nSPS) is 14.8. The summed E-state index contributed by atoms with van der Waals surface area (Å²) in [5.41, 5.74) is -1.08. The van der Waals surface area contributed by atoms with E-state index in [1.807, 2.05) is 14.1 Å². The molecule has 8 heteroatoms. The fourth-order valence-corrected chi connectivity index (χ4v) is 3.57. The Morgan fingerprint density at radius 1 is 1.29 bits per heavy atom. The maximum Gasteiger partial charge on any atom is 0.446 e. The van der Waals surface area contributed by atoms with Crippen LogP contribution < -0.4 is 0 Å². The molecular formula is C16H20ClF3N2OS. The molecule has 24 heavy (non-hydrogen) atoms. The van der Waals surface area contributed by atoms with E-state index in [0.29, 0.717) is 13.2 Å². The van der Waals surface area contributed by atoms with Crippen molar-refractivity contribution in [3.63, 3.8) is 0 Å².